The van der Waals surface area contributed by atoms with Gasteiger partial charge in [-0.3, -0.25) is 0 Å². The number of halogens is 1. The second kappa shape index (κ2) is 6.36. The Bertz CT molecular complexity index is 396. The van der Waals surface area contributed by atoms with Crippen LogP contribution in [0.5, 0.6) is 5.88 Å². The fourth-order valence-electron chi connectivity index (χ4n) is 2.25. The molecule has 18 heavy (non-hydrogen) atoms. The van der Waals surface area contributed by atoms with Crippen LogP contribution < -0.4 is 9.64 Å². The van der Waals surface area contributed by atoms with Gasteiger partial charge in [0.15, 0.2) is 0 Å². The topological polar surface area (TPSA) is 38.3 Å². The second-order valence-electron chi connectivity index (χ2n) is 4.53. The first kappa shape index (κ1) is 13.6. The van der Waals surface area contributed by atoms with Crippen LogP contribution in [0.2, 0.25) is 0 Å². The normalized spacial score (nSPS) is 15.3. The van der Waals surface area contributed by atoms with Crippen molar-refractivity contribution in [2.24, 2.45) is 0 Å². The van der Waals surface area contributed by atoms with Gasteiger partial charge in [-0.15, -0.1) is 0 Å². The Labute approximate surface area is 117 Å². The molecule has 0 N–H and O–H groups in total. The van der Waals surface area contributed by atoms with Crippen LogP contribution in [0, 0.1) is 6.92 Å². The molecular formula is C13H20BrN3O. The predicted molar refractivity (Wildman–Crippen MR) is 76.7 cm³/mol. The van der Waals surface area contributed by atoms with E-state index in [0.717, 1.165) is 23.3 Å². The zero-order valence-corrected chi connectivity index (χ0v) is 12.6. The maximum Gasteiger partial charge on any atom is 0.221 e. The molecule has 0 spiro atoms. The Balaban J connectivity index is 2.25. The molecule has 1 aliphatic rings. The zero-order chi connectivity index (χ0) is 13.0. The van der Waals surface area contributed by atoms with E-state index in [1.807, 2.05) is 13.8 Å². The van der Waals surface area contributed by atoms with E-state index in [-0.39, 0.29) is 0 Å². The Morgan fingerprint density at radius 1 is 1.44 bits per heavy atom. The molecule has 1 aromatic rings. The summed E-state index contributed by atoms with van der Waals surface area (Å²) in [5.74, 6) is 1.74. The van der Waals surface area contributed by atoms with Gasteiger partial charge in [0.2, 0.25) is 5.88 Å². The number of nitrogens with zero attached hydrogens (tertiary/aromatic N) is 3. The third-order valence-electron chi connectivity index (χ3n) is 3.41. The Morgan fingerprint density at radius 3 is 2.78 bits per heavy atom. The average molecular weight is 314 g/mol. The monoisotopic (exact) mass is 313 g/mol. The third kappa shape index (κ3) is 2.76. The van der Waals surface area contributed by atoms with Gasteiger partial charge in [-0.1, -0.05) is 15.9 Å². The van der Waals surface area contributed by atoms with E-state index in [9.17, 15) is 0 Å². The number of hydrogen-bond donors (Lipinski definition) is 0. The van der Waals surface area contributed by atoms with Crippen LogP contribution in [0.4, 0.5) is 5.82 Å². The summed E-state index contributed by atoms with van der Waals surface area (Å²) in [6.45, 7) is 5.64. The molecule has 0 amide bonds. The molecule has 0 unspecified atom stereocenters. The molecule has 0 aliphatic heterocycles. The highest BCUT2D eigenvalue weighted by molar-refractivity contribution is 9.09. The van der Waals surface area contributed by atoms with Gasteiger partial charge < -0.3 is 9.64 Å². The van der Waals surface area contributed by atoms with E-state index in [1.54, 1.807) is 6.33 Å². The minimum absolute atomic E-state index is 0.630. The van der Waals surface area contributed by atoms with Crippen molar-refractivity contribution in [3.05, 3.63) is 11.9 Å². The number of ether oxygens (including phenoxy) is 1. The van der Waals surface area contributed by atoms with Crippen LogP contribution in [0.1, 0.15) is 31.7 Å². The lowest BCUT2D eigenvalue weighted by Crippen LogP contribution is -2.42. The number of alkyl halides is 1. The molecule has 0 bridgehead atoms. The lowest BCUT2D eigenvalue weighted by Gasteiger charge is -2.38. The molecule has 1 fully saturated rings. The maximum atomic E-state index is 5.55. The minimum Gasteiger partial charge on any atom is -0.478 e. The van der Waals surface area contributed by atoms with E-state index in [4.69, 9.17) is 4.74 Å². The molecule has 0 aromatic carbocycles. The summed E-state index contributed by atoms with van der Waals surface area (Å²) in [6.07, 6.45) is 5.46. The van der Waals surface area contributed by atoms with E-state index in [0.29, 0.717) is 18.5 Å². The van der Waals surface area contributed by atoms with Crippen molar-refractivity contribution < 1.29 is 4.74 Å². The van der Waals surface area contributed by atoms with Gasteiger partial charge in [0.25, 0.3) is 0 Å². The highest BCUT2D eigenvalue weighted by Crippen LogP contribution is 2.32. The van der Waals surface area contributed by atoms with Crippen molar-refractivity contribution in [3.63, 3.8) is 0 Å². The highest BCUT2D eigenvalue weighted by Gasteiger charge is 2.27. The van der Waals surface area contributed by atoms with Crippen LogP contribution in [0.15, 0.2) is 6.33 Å². The molecule has 0 radical (unpaired) electrons. The molecule has 0 atom stereocenters. The van der Waals surface area contributed by atoms with Crippen LogP contribution >= 0.6 is 15.9 Å². The Morgan fingerprint density at radius 2 is 2.22 bits per heavy atom. The summed E-state index contributed by atoms with van der Waals surface area (Å²) in [6, 6.07) is 0.630. The molecular weight excluding hydrogens is 294 g/mol. The van der Waals surface area contributed by atoms with Crippen LogP contribution in [0.3, 0.4) is 0 Å². The smallest absolute Gasteiger partial charge is 0.221 e. The van der Waals surface area contributed by atoms with E-state index < -0.39 is 0 Å². The standard InChI is InChI=1S/C13H20BrN3O/c1-3-18-13-10(2)12(15-9-16-13)17(8-7-14)11-5-4-6-11/h9,11H,3-8H2,1-2H3. The first-order chi connectivity index (χ1) is 8.77. The lowest BCUT2D eigenvalue weighted by atomic mass is 9.91. The fourth-order valence-corrected chi connectivity index (χ4v) is 2.63. The molecule has 1 aliphatic carbocycles. The highest BCUT2D eigenvalue weighted by atomic mass is 79.9. The molecule has 4 nitrogen and oxygen atoms in total. The number of aromatic nitrogens is 2. The largest absolute Gasteiger partial charge is 0.478 e. The van der Waals surface area contributed by atoms with Crippen molar-refractivity contribution in [2.75, 3.05) is 23.4 Å². The SMILES string of the molecule is CCOc1ncnc(N(CCBr)C2CCC2)c1C. The maximum absolute atomic E-state index is 5.55. The summed E-state index contributed by atoms with van der Waals surface area (Å²) < 4.78 is 5.55. The first-order valence-electron chi connectivity index (χ1n) is 6.55. The van der Waals surface area contributed by atoms with Gasteiger partial charge in [-0.25, -0.2) is 9.97 Å². The van der Waals surface area contributed by atoms with Crippen molar-refractivity contribution in [3.8, 4) is 5.88 Å². The molecule has 1 heterocycles. The summed E-state index contributed by atoms with van der Waals surface area (Å²) >= 11 is 3.53. The average Bonchev–Trinajstić information content (AvgIpc) is 2.29. The van der Waals surface area contributed by atoms with E-state index >= 15 is 0 Å². The van der Waals surface area contributed by atoms with Gasteiger partial charge >= 0.3 is 0 Å². The third-order valence-corrected chi connectivity index (χ3v) is 3.76. The predicted octanol–water partition coefficient (Wildman–Crippen LogP) is 2.94. The summed E-state index contributed by atoms with van der Waals surface area (Å²) in [5, 5.41) is 0.955. The number of hydrogen-bond acceptors (Lipinski definition) is 4. The van der Waals surface area contributed by atoms with Gasteiger partial charge in [-0.2, -0.15) is 0 Å². The Kier molecular flexibility index (Phi) is 4.80. The van der Waals surface area contributed by atoms with Crippen LogP contribution in [-0.2, 0) is 0 Å². The van der Waals surface area contributed by atoms with Crippen molar-refractivity contribution in [1.82, 2.24) is 9.97 Å². The van der Waals surface area contributed by atoms with Gasteiger partial charge in [0.1, 0.15) is 12.1 Å². The zero-order valence-electron chi connectivity index (χ0n) is 11.0. The molecule has 5 heteroatoms. The second-order valence-corrected chi connectivity index (χ2v) is 5.32. The van der Waals surface area contributed by atoms with E-state index in [1.165, 1.54) is 19.3 Å². The number of anilines is 1. The Hall–Kier alpha value is -0.840. The molecule has 1 aromatic heterocycles. The summed E-state index contributed by atoms with van der Waals surface area (Å²) in [4.78, 5) is 11.0. The number of rotatable bonds is 6. The molecule has 0 saturated heterocycles. The van der Waals surface area contributed by atoms with Gasteiger partial charge in [-0.05, 0) is 33.1 Å². The quantitative estimate of drug-likeness (QED) is 0.757. The van der Waals surface area contributed by atoms with Crippen molar-refractivity contribution >= 4 is 21.7 Å². The van der Waals surface area contributed by atoms with Crippen LogP contribution in [0.25, 0.3) is 0 Å². The van der Waals surface area contributed by atoms with Gasteiger partial charge in [0, 0.05) is 17.9 Å². The lowest BCUT2D eigenvalue weighted by molar-refractivity contribution is 0.322. The fraction of sp³-hybridized carbons (Fsp3) is 0.692. The summed E-state index contributed by atoms with van der Waals surface area (Å²) in [5.41, 5.74) is 1.05. The molecule has 1 saturated carbocycles. The molecule has 100 valence electrons. The minimum atomic E-state index is 0.630. The first-order valence-corrected chi connectivity index (χ1v) is 7.67. The molecule has 2 rings (SSSR count). The van der Waals surface area contributed by atoms with Crippen molar-refractivity contribution in [1.29, 1.82) is 0 Å². The van der Waals surface area contributed by atoms with Crippen LogP contribution in [-0.4, -0.2) is 34.5 Å². The summed E-state index contributed by atoms with van der Waals surface area (Å²) in [7, 11) is 0. The van der Waals surface area contributed by atoms with E-state index in [2.05, 4.69) is 30.8 Å². The van der Waals surface area contributed by atoms with Crippen molar-refractivity contribution in [2.45, 2.75) is 39.2 Å². The van der Waals surface area contributed by atoms with Gasteiger partial charge in [0.05, 0.1) is 12.2 Å².